The van der Waals surface area contributed by atoms with E-state index in [1.807, 2.05) is 19.1 Å². The van der Waals surface area contributed by atoms with Gasteiger partial charge in [-0.2, -0.15) is 0 Å². The molecule has 0 bridgehead atoms. The molecule has 4 heteroatoms. The molecule has 0 fully saturated rings. The molecule has 3 N–H and O–H groups in total. The Bertz CT molecular complexity index is 204. The van der Waals surface area contributed by atoms with Crippen molar-refractivity contribution in [2.24, 2.45) is 5.92 Å². The van der Waals surface area contributed by atoms with Gasteiger partial charge in [0.2, 0.25) is 0 Å². The number of aliphatic carboxylic acids is 1. The normalized spacial score (nSPS) is 18.0. The molecule has 0 spiro atoms. The van der Waals surface area contributed by atoms with Gasteiger partial charge in [-0.15, -0.1) is 0 Å². The molecule has 0 aromatic rings. The number of likely N-dealkylation sites (N-methyl/N-ethyl adjacent to an activating group) is 1. The average molecular weight is 201 g/mol. The summed E-state index contributed by atoms with van der Waals surface area (Å²) < 4.78 is 0. The molecule has 82 valence electrons. The summed E-state index contributed by atoms with van der Waals surface area (Å²) in [7, 11) is 1.53. The van der Waals surface area contributed by atoms with Gasteiger partial charge in [-0.25, -0.2) is 0 Å². The van der Waals surface area contributed by atoms with Gasteiger partial charge in [0.05, 0.1) is 6.10 Å². The van der Waals surface area contributed by atoms with E-state index < -0.39 is 18.1 Å². The summed E-state index contributed by atoms with van der Waals surface area (Å²) in [6.45, 7) is 3.78. The first-order valence-electron chi connectivity index (χ1n) is 4.79. The monoisotopic (exact) mass is 201 g/mol. The van der Waals surface area contributed by atoms with E-state index in [2.05, 4.69) is 5.32 Å². The summed E-state index contributed by atoms with van der Waals surface area (Å²) >= 11 is 0. The first-order chi connectivity index (χ1) is 6.54. The maximum Gasteiger partial charge on any atom is 0.323 e. The summed E-state index contributed by atoms with van der Waals surface area (Å²) in [6.07, 6.45) is 3.73. The molecule has 0 amide bonds. The van der Waals surface area contributed by atoms with Crippen LogP contribution in [0.25, 0.3) is 0 Å². The number of rotatable bonds is 6. The van der Waals surface area contributed by atoms with Crippen LogP contribution in [0.2, 0.25) is 0 Å². The Kier molecular flexibility index (Phi) is 6.16. The fraction of sp³-hybridized carbons (Fsp3) is 0.700. The highest BCUT2D eigenvalue weighted by Crippen LogP contribution is 2.09. The third-order valence-electron chi connectivity index (χ3n) is 2.13. The topological polar surface area (TPSA) is 69.6 Å². The Morgan fingerprint density at radius 3 is 2.50 bits per heavy atom. The molecule has 0 aliphatic heterocycles. The molecule has 4 nitrogen and oxygen atoms in total. The van der Waals surface area contributed by atoms with Gasteiger partial charge in [0.15, 0.2) is 0 Å². The van der Waals surface area contributed by atoms with Crippen molar-refractivity contribution in [1.82, 2.24) is 5.32 Å². The molecule has 0 radical (unpaired) electrons. The zero-order chi connectivity index (χ0) is 11.1. The summed E-state index contributed by atoms with van der Waals surface area (Å²) in [5, 5.41) is 21.0. The summed E-state index contributed by atoms with van der Waals surface area (Å²) in [4.78, 5) is 10.7. The summed E-state index contributed by atoms with van der Waals surface area (Å²) in [5.74, 6) is -1.19. The van der Waals surface area contributed by atoms with Crippen molar-refractivity contribution in [3.8, 4) is 0 Å². The van der Waals surface area contributed by atoms with E-state index >= 15 is 0 Å². The highest BCUT2D eigenvalue weighted by atomic mass is 16.4. The maximum atomic E-state index is 10.7. The molecule has 0 aliphatic rings. The lowest BCUT2D eigenvalue weighted by atomic mass is 9.97. The number of allylic oxidation sites excluding steroid dienone is 1. The van der Waals surface area contributed by atoms with Gasteiger partial charge in [0, 0.05) is 5.92 Å². The number of nitrogens with one attached hydrogen (secondary N) is 1. The van der Waals surface area contributed by atoms with Crippen molar-refractivity contribution >= 4 is 5.97 Å². The van der Waals surface area contributed by atoms with Crippen molar-refractivity contribution < 1.29 is 15.0 Å². The van der Waals surface area contributed by atoms with Gasteiger partial charge in [0.1, 0.15) is 6.04 Å². The van der Waals surface area contributed by atoms with Gasteiger partial charge in [-0.3, -0.25) is 4.79 Å². The van der Waals surface area contributed by atoms with Crippen LogP contribution in [0.3, 0.4) is 0 Å². The van der Waals surface area contributed by atoms with Crippen molar-refractivity contribution in [3.05, 3.63) is 12.2 Å². The van der Waals surface area contributed by atoms with Gasteiger partial charge in [-0.05, 0) is 13.5 Å². The number of aliphatic hydroxyl groups excluding tert-OH is 1. The smallest absolute Gasteiger partial charge is 0.323 e. The van der Waals surface area contributed by atoms with E-state index in [-0.39, 0.29) is 5.92 Å². The van der Waals surface area contributed by atoms with Crippen LogP contribution in [-0.2, 0) is 4.79 Å². The van der Waals surface area contributed by atoms with Crippen LogP contribution in [0.4, 0.5) is 0 Å². The number of carbonyl (C=O) groups is 1. The Morgan fingerprint density at radius 1 is 1.57 bits per heavy atom. The number of carboxylic acid groups (broad SMARTS) is 1. The third kappa shape index (κ3) is 3.89. The number of aliphatic hydroxyl groups is 1. The Labute approximate surface area is 84.6 Å². The van der Waals surface area contributed by atoms with Crippen LogP contribution >= 0.6 is 0 Å². The molecule has 0 rings (SSSR count). The van der Waals surface area contributed by atoms with E-state index in [0.717, 1.165) is 6.42 Å². The second kappa shape index (κ2) is 6.56. The van der Waals surface area contributed by atoms with E-state index in [4.69, 9.17) is 5.11 Å². The Morgan fingerprint density at radius 2 is 2.14 bits per heavy atom. The van der Waals surface area contributed by atoms with E-state index in [9.17, 15) is 9.90 Å². The number of carboxylic acids is 1. The predicted molar refractivity (Wildman–Crippen MR) is 55.1 cm³/mol. The number of hydrogen-bond donors (Lipinski definition) is 3. The standard InChI is InChI=1S/C10H19NO3/c1-4-5-6-7(2)9(12)8(11-3)10(13)14/h5-9,11-12H,4H2,1-3H3,(H,13,14)/b6-5+/t7-,8+,9-/m1/s1. The van der Waals surface area contributed by atoms with Gasteiger partial charge >= 0.3 is 5.97 Å². The van der Waals surface area contributed by atoms with Crippen LogP contribution < -0.4 is 5.32 Å². The highest BCUT2D eigenvalue weighted by molar-refractivity contribution is 5.74. The third-order valence-corrected chi connectivity index (χ3v) is 2.13. The van der Waals surface area contributed by atoms with Gasteiger partial charge < -0.3 is 15.5 Å². The minimum Gasteiger partial charge on any atom is -0.480 e. The largest absolute Gasteiger partial charge is 0.480 e. The van der Waals surface area contributed by atoms with Crippen molar-refractivity contribution in [2.75, 3.05) is 7.05 Å². The van der Waals surface area contributed by atoms with Crippen molar-refractivity contribution in [1.29, 1.82) is 0 Å². The molecular weight excluding hydrogens is 182 g/mol. The molecule has 0 aromatic carbocycles. The first kappa shape index (κ1) is 13.1. The van der Waals surface area contributed by atoms with Crippen LogP contribution in [0.15, 0.2) is 12.2 Å². The second-order valence-corrected chi connectivity index (χ2v) is 3.29. The molecule has 0 heterocycles. The highest BCUT2D eigenvalue weighted by Gasteiger charge is 2.27. The Balaban J connectivity index is 4.33. The van der Waals surface area contributed by atoms with Crippen LogP contribution in [0.1, 0.15) is 20.3 Å². The quantitative estimate of drug-likeness (QED) is 0.551. The second-order valence-electron chi connectivity index (χ2n) is 3.29. The van der Waals surface area contributed by atoms with Gasteiger partial charge in [0.25, 0.3) is 0 Å². The SMILES string of the molecule is CC/C=C/[C@@H](C)[C@@H](O)[C@H](NC)C(=O)O. The molecule has 0 unspecified atom stereocenters. The number of hydrogen-bond acceptors (Lipinski definition) is 3. The zero-order valence-corrected chi connectivity index (χ0v) is 8.90. The molecule has 0 saturated heterocycles. The minimum atomic E-state index is -1.03. The molecular formula is C10H19NO3. The van der Waals surface area contributed by atoms with E-state index in [1.54, 1.807) is 6.92 Å². The van der Waals surface area contributed by atoms with Crippen LogP contribution in [-0.4, -0.2) is 35.4 Å². The predicted octanol–water partition coefficient (Wildman–Crippen LogP) is 0.622. The lowest BCUT2D eigenvalue weighted by Crippen LogP contribution is -2.46. The lowest BCUT2D eigenvalue weighted by Gasteiger charge is -2.22. The fourth-order valence-electron chi connectivity index (χ4n) is 1.21. The van der Waals surface area contributed by atoms with Crippen molar-refractivity contribution in [3.63, 3.8) is 0 Å². The van der Waals surface area contributed by atoms with E-state index in [1.165, 1.54) is 7.05 Å². The van der Waals surface area contributed by atoms with Crippen LogP contribution in [0.5, 0.6) is 0 Å². The molecule has 0 saturated carbocycles. The maximum absolute atomic E-state index is 10.7. The van der Waals surface area contributed by atoms with Crippen molar-refractivity contribution in [2.45, 2.75) is 32.4 Å². The minimum absolute atomic E-state index is 0.163. The molecule has 3 atom stereocenters. The fourth-order valence-corrected chi connectivity index (χ4v) is 1.21. The zero-order valence-electron chi connectivity index (χ0n) is 8.90. The first-order valence-corrected chi connectivity index (χ1v) is 4.79. The molecule has 0 aromatic heterocycles. The van der Waals surface area contributed by atoms with Gasteiger partial charge in [-0.1, -0.05) is 26.0 Å². The molecule has 0 aliphatic carbocycles. The lowest BCUT2D eigenvalue weighted by molar-refractivity contribution is -0.142. The van der Waals surface area contributed by atoms with Crippen LogP contribution in [0, 0.1) is 5.92 Å². The van der Waals surface area contributed by atoms with E-state index in [0.29, 0.717) is 0 Å². The Hall–Kier alpha value is -0.870. The average Bonchev–Trinajstić information content (AvgIpc) is 2.14. The summed E-state index contributed by atoms with van der Waals surface area (Å²) in [6, 6.07) is -0.911. The summed E-state index contributed by atoms with van der Waals surface area (Å²) in [5.41, 5.74) is 0. The molecule has 14 heavy (non-hydrogen) atoms.